The number of aryl methyl sites for hydroxylation is 1. The molecule has 0 aliphatic carbocycles. The summed E-state index contributed by atoms with van der Waals surface area (Å²) in [5.74, 6) is 2.29. The van der Waals surface area contributed by atoms with E-state index >= 15 is 0 Å². The van der Waals surface area contributed by atoms with Crippen molar-refractivity contribution in [1.82, 2.24) is 19.9 Å². The van der Waals surface area contributed by atoms with E-state index in [9.17, 15) is 9.18 Å². The van der Waals surface area contributed by atoms with Gasteiger partial charge in [0.05, 0.1) is 0 Å². The Kier molecular flexibility index (Phi) is 6.22. The average Bonchev–Trinajstić information content (AvgIpc) is 3.35. The highest BCUT2D eigenvalue weighted by Crippen LogP contribution is 2.28. The average molecular weight is 413 g/mol. The minimum Gasteiger partial charge on any atom is -0.339 e. The van der Waals surface area contributed by atoms with Crippen molar-refractivity contribution >= 4 is 11.7 Å². The molecule has 1 aromatic heterocycles. The molecular weight excluding hydrogens is 385 g/mol. The van der Waals surface area contributed by atoms with Crippen molar-refractivity contribution in [3.63, 3.8) is 0 Å². The van der Waals surface area contributed by atoms with Gasteiger partial charge in [0.1, 0.15) is 11.7 Å². The molecule has 2 aliphatic heterocycles. The molecule has 1 saturated heterocycles. The summed E-state index contributed by atoms with van der Waals surface area (Å²) in [5.41, 5.74) is 0.734. The summed E-state index contributed by atoms with van der Waals surface area (Å²) in [5, 5.41) is 4.00. The van der Waals surface area contributed by atoms with Gasteiger partial charge in [-0.05, 0) is 63.5 Å². The fraction of sp³-hybridized carbons (Fsp3) is 0.545. The molecule has 0 N–H and O–H groups in total. The molecule has 2 aromatic rings. The standard InChI is InChI=1S/C22H28FN5O2/c1-3-19-25-21(30-26-19)17-9-13-27(14-10-17)11-4-12-28-15(2)24-20(22(28)29)16-5-7-18(23)8-6-16/h5-8,17,20H,3-4,9-14H2,1-2H3. The lowest BCUT2D eigenvalue weighted by molar-refractivity contribution is -0.127. The van der Waals surface area contributed by atoms with E-state index in [1.54, 1.807) is 17.0 Å². The molecule has 1 amide bonds. The summed E-state index contributed by atoms with van der Waals surface area (Å²) >= 11 is 0. The number of likely N-dealkylation sites (tertiary alicyclic amines) is 1. The smallest absolute Gasteiger partial charge is 0.257 e. The number of aliphatic imine (C=N–C) groups is 1. The first-order chi connectivity index (χ1) is 14.5. The van der Waals surface area contributed by atoms with Crippen LogP contribution >= 0.6 is 0 Å². The summed E-state index contributed by atoms with van der Waals surface area (Å²) in [7, 11) is 0. The number of hydrogen-bond donors (Lipinski definition) is 0. The molecule has 2 aliphatic rings. The number of amides is 1. The second kappa shape index (κ2) is 9.04. The fourth-order valence-electron chi connectivity index (χ4n) is 4.19. The van der Waals surface area contributed by atoms with Crippen LogP contribution in [0.15, 0.2) is 33.8 Å². The van der Waals surface area contributed by atoms with Gasteiger partial charge in [0.25, 0.3) is 5.91 Å². The Morgan fingerprint density at radius 3 is 2.57 bits per heavy atom. The predicted octanol–water partition coefficient (Wildman–Crippen LogP) is 3.34. The zero-order valence-electron chi connectivity index (χ0n) is 17.6. The molecule has 1 aromatic carbocycles. The van der Waals surface area contributed by atoms with Crippen molar-refractivity contribution in [2.45, 2.75) is 51.5 Å². The second-order valence-electron chi connectivity index (χ2n) is 7.99. The number of carbonyl (C=O) groups is 1. The number of halogens is 1. The van der Waals surface area contributed by atoms with Crippen LogP contribution in [0.3, 0.4) is 0 Å². The van der Waals surface area contributed by atoms with Gasteiger partial charge in [-0.3, -0.25) is 14.7 Å². The number of piperidine rings is 1. The third-order valence-electron chi connectivity index (χ3n) is 5.99. The second-order valence-corrected chi connectivity index (χ2v) is 7.99. The summed E-state index contributed by atoms with van der Waals surface area (Å²) in [6.07, 6.45) is 3.71. The molecular formula is C22H28FN5O2. The molecule has 1 unspecified atom stereocenters. The molecule has 1 fully saturated rings. The van der Waals surface area contributed by atoms with Crippen LogP contribution in [0.4, 0.5) is 4.39 Å². The van der Waals surface area contributed by atoms with Crippen molar-refractivity contribution < 1.29 is 13.7 Å². The Balaban J connectivity index is 1.23. The van der Waals surface area contributed by atoms with E-state index in [0.717, 1.165) is 68.4 Å². The maximum atomic E-state index is 13.2. The van der Waals surface area contributed by atoms with Crippen LogP contribution in [-0.4, -0.2) is 57.9 Å². The van der Waals surface area contributed by atoms with Crippen molar-refractivity contribution in [3.05, 3.63) is 47.4 Å². The molecule has 3 heterocycles. The zero-order chi connectivity index (χ0) is 21.1. The SMILES string of the molecule is CCc1noc(C2CCN(CCCN3C(=O)C(c4ccc(F)cc4)N=C3C)CC2)n1. The van der Waals surface area contributed by atoms with Gasteiger partial charge < -0.3 is 9.42 Å². The van der Waals surface area contributed by atoms with Crippen LogP contribution in [0.25, 0.3) is 0 Å². The zero-order valence-corrected chi connectivity index (χ0v) is 17.6. The molecule has 0 radical (unpaired) electrons. The number of aromatic nitrogens is 2. The Bertz CT molecular complexity index is 903. The van der Waals surface area contributed by atoms with Gasteiger partial charge in [-0.2, -0.15) is 4.98 Å². The van der Waals surface area contributed by atoms with Gasteiger partial charge in [-0.1, -0.05) is 24.2 Å². The van der Waals surface area contributed by atoms with Gasteiger partial charge >= 0.3 is 0 Å². The molecule has 160 valence electrons. The third-order valence-corrected chi connectivity index (χ3v) is 5.99. The lowest BCUT2D eigenvalue weighted by Gasteiger charge is -2.30. The summed E-state index contributed by atoms with van der Waals surface area (Å²) in [4.78, 5) is 25.9. The van der Waals surface area contributed by atoms with Crippen molar-refractivity contribution in [2.75, 3.05) is 26.2 Å². The van der Waals surface area contributed by atoms with E-state index in [4.69, 9.17) is 4.52 Å². The van der Waals surface area contributed by atoms with Gasteiger partial charge in [0, 0.05) is 18.9 Å². The van der Waals surface area contributed by atoms with E-state index in [2.05, 4.69) is 20.0 Å². The number of carbonyl (C=O) groups excluding carboxylic acids is 1. The number of nitrogens with zero attached hydrogens (tertiary/aromatic N) is 5. The topological polar surface area (TPSA) is 74.8 Å². The van der Waals surface area contributed by atoms with Crippen LogP contribution in [0.2, 0.25) is 0 Å². The number of benzene rings is 1. The third kappa shape index (κ3) is 4.43. The first-order valence-corrected chi connectivity index (χ1v) is 10.7. The minimum absolute atomic E-state index is 0.0269. The van der Waals surface area contributed by atoms with Crippen LogP contribution < -0.4 is 0 Å². The first-order valence-electron chi connectivity index (χ1n) is 10.7. The Hall–Kier alpha value is -2.61. The molecule has 7 nitrogen and oxygen atoms in total. The highest BCUT2D eigenvalue weighted by molar-refractivity contribution is 6.05. The van der Waals surface area contributed by atoms with E-state index in [-0.39, 0.29) is 11.7 Å². The van der Waals surface area contributed by atoms with Gasteiger partial charge in [-0.15, -0.1) is 0 Å². The monoisotopic (exact) mass is 413 g/mol. The highest BCUT2D eigenvalue weighted by Gasteiger charge is 2.33. The number of amidine groups is 1. The molecule has 30 heavy (non-hydrogen) atoms. The van der Waals surface area contributed by atoms with Crippen LogP contribution in [0.1, 0.15) is 62.3 Å². The van der Waals surface area contributed by atoms with Crippen LogP contribution in [0, 0.1) is 5.82 Å². The molecule has 0 spiro atoms. The Morgan fingerprint density at radius 1 is 1.17 bits per heavy atom. The normalized spacial score (nSPS) is 20.8. The van der Waals surface area contributed by atoms with Crippen LogP contribution in [-0.2, 0) is 11.2 Å². The molecule has 0 bridgehead atoms. The van der Waals surface area contributed by atoms with Gasteiger partial charge in [0.15, 0.2) is 11.9 Å². The Labute approximate surface area is 176 Å². The van der Waals surface area contributed by atoms with Crippen LogP contribution in [0.5, 0.6) is 0 Å². The van der Waals surface area contributed by atoms with Crippen molar-refractivity contribution in [1.29, 1.82) is 0 Å². The predicted molar refractivity (Wildman–Crippen MR) is 111 cm³/mol. The lowest BCUT2D eigenvalue weighted by atomic mass is 9.96. The van der Waals surface area contributed by atoms with Crippen molar-refractivity contribution in [3.8, 4) is 0 Å². The maximum absolute atomic E-state index is 13.2. The molecule has 4 rings (SSSR count). The number of hydrogen-bond acceptors (Lipinski definition) is 6. The minimum atomic E-state index is -0.552. The Morgan fingerprint density at radius 2 is 1.90 bits per heavy atom. The number of rotatable bonds is 7. The highest BCUT2D eigenvalue weighted by atomic mass is 19.1. The quantitative estimate of drug-likeness (QED) is 0.696. The summed E-state index contributed by atoms with van der Waals surface area (Å²) in [6, 6.07) is 5.46. The van der Waals surface area contributed by atoms with E-state index in [0.29, 0.717) is 12.5 Å². The van der Waals surface area contributed by atoms with E-state index in [1.165, 1.54) is 12.1 Å². The lowest BCUT2D eigenvalue weighted by Crippen LogP contribution is -2.37. The summed E-state index contributed by atoms with van der Waals surface area (Å²) in [6.45, 7) is 7.46. The largest absolute Gasteiger partial charge is 0.339 e. The molecule has 8 heteroatoms. The van der Waals surface area contributed by atoms with E-state index < -0.39 is 6.04 Å². The van der Waals surface area contributed by atoms with Crippen molar-refractivity contribution in [2.24, 2.45) is 4.99 Å². The fourth-order valence-corrected chi connectivity index (χ4v) is 4.19. The molecule has 1 atom stereocenters. The van der Waals surface area contributed by atoms with Gasteiger partial charge in [0.2, 0.25) is 5.89 Å². The first kappa shape index (κ1) is 20.7. The van der Waals surface area contributed by atoms with E-state index in [1.807, 2.05) is 13.8 Å². The summed E-state index contributed by atoms with van der Waals surface area (Å²) < 4.78 is 18.6. The molecule has 0 saturated carbocycles. The van der Waals surface area contributed by atoms with Gasteiger partial charge in [-0.25, -0.2) is 4.39 Å². The maximum Gasteiger partial charge on any atom is 0.257 e.